The van der Waals surface area contributed by atoms with Gasteiger partial charge in [0, 0.05) is 31.5 Å². The molecule has 0 bridgehead atoms. The van der Waals surface area contributed by atoms with Crippen molar-refractivity contribution in [3.05, 3.63) is 89.5 Å². The average Bonchev–Trinajstić information content (AvgIpc) is 3.07. The molecule has 0 saturated carbocycles. The van der Waals surface area contributed by atoms with Crippen LogP contribution >= 0.6 is 0 Å². The minimum absolute atomic E-state index is 0.348. The Bertz CT molecular complexity index is 730. The molecule has 0 aliphatic rings. The SMILES string of the molecule is Cc1cccc([C@@H](C)NCc2ccc(Cn3ccnc3)cc2)c1. The van der Waals surface area contributed by atoms with Gasteiger partial charge in [-0.25, -0.2) is 4.98 Å². The zero-order chi connectivity index (χ0) is 16.1. The molecule has 1 N–H and O–H groups in total. The van der Waals surface area contributed by atoms with Crippen molar-refractivity contribution < 1.29 is 0 Å². The van der Waals surface area contributed by atoms with Gasteiger partial charge < -0.3 is 9.88 Å². The Kier molecular flexibility index (Phi) is 4.89. The fraction of sp³-hybridized carbons (Fsp3) is 0.250. The second-order valence-corrected chi connectivity index (χ2v) is 6.07. The zero-order valence-electron chi connectivity index (χ0n) is 13.7. The number of hydrogen-bond acceptors (Lipinski definition) is 2. The molecular formula is C20H23N3. The van der Waals surface area contributed by atoms with E-state index in [2.05, 4.69) is 77.2 Å². The summed E-state index contributed by atoms with van der Waals surface area (Å²) in [6.07, 6.45) is 5.64. The molecule has 0 fully saturated rings. The molecular weight excluding hydrogens is 282 g/mol. The first-order chi connectivity index (χ1) is 11.2. The van der Waals surface area contributed by atoms with Crippen molar-refractivity contribution in [1.29, 1.82) is 0 Å². The summed E-state index contributed by atoms with van der Waals surface area (Å²) in [5.41, 5.74) is 5.24. The van der Waals surface area contributed by atoms with Crippen LogP contribution in [0.2, 0.25) is 0 Å². The summed E-state index contributed by atoms with van der Waals surface area (Å²) in [6, 6.07) is 17.8. The molecule has 0 spiro atoms. The van der Waals surface area contributed by atoms with Crippen molar-refractivity contribution in [2.24, 2.45) is 0 Å². The lowest BCUT2D eigenvalue weighted by Crippen LogP contribution is -2.18. The van der Waals surface area contributed by atoms with Gasteiger partial charge in [-0.05, 0) is 30.5 Å². The highest BCUT2D eigenvalue weighted by Gasteiger charge is 2.05. The molecule has 0 amide bonds. The number of benzene rings is 2. The van der Waals surface area contributed by atoms with E-state index in [4.69, 9.17) is 0 Å². The summed E-state index contributed by atoms with van der Waals surface area (Å²) < 4.78 is 2.08. The number of nitrogens with zero attached hydrogens (tertiary/aromatic N) is 2. The Balaban J connectivity index is 1.56. The molecule has 1 heterocycles. The number of imidazole rings is 1. The maximum absolute atomic E-state index is 4.07. The highest BCUT2D eigenvalue weighted by molar-refractivity contribution is 5.26. The van der Waals surface area contributed by atoms with E-state index in [1.807, 2.05) is 18.7 Å². The van der Waals surface area contributed by atoms with Gasteiger partial charge in [-0.3, -0.25) is 0 Å². The Morgan fingerprint density at radius 1 is 1.09 bits per heavy atom. The number of rotatable bonds is 6. The minimum Gasteiger partial charge on any atom is -0.333 e. The second kappa shape index (κ2) is 7.25. The molecule has 2 aromatic carbocycles. The van der Waals surface area contributed by atoms with Crippen LogP contribution in [0, 0.1) is 6.92 Å². The van der Waals surface area contributed by atoms with Crippen molar-refractivity contribution in [2.75, 3.05) is 0 Å². The minimum atomic E-state index is 0.348. The lowest BCUT2D eigenvalue weighted by Gasteiger charge is -2.15. The third kappa shape index (κ3) is 4.30. The van der Waals surface area contributed by atoms with Gasteiger partial charge in [-0.15, -0.1) is 0 Å². The van der Waals surface area contributed by atoms with E-state index in [9.17, 15) is 0 Å². The topological polar surface area (TPSA) is 29.9 Å². The Labute approximate surface area is 138 Å². The van der Waals surface area contributed by atoms with Crippen molar-refractivity contribution in [1.82, 2.24) is 14.9 Å². The van der Waals surface area contributed by atoms with Crippen LogP contribution < -0.4 is 5.32 Å². The van der Waals surface area contributed by atoms with Crippen LogP contribution in [0.4, 0.5) is 0 Å². The van der Waals surface area contributed by atoms with Gasteiger partial charge in [0.25, 0.3) is 0 Å². The van der Waals surface area contributed by atoms with Crippen LogP contribution in [-0.2, 0) is 13.1 Å². The molecule has 1 aromatic heterocycles. The summed E-state index contributed by atoms with van der Waals surface area (Å²) in [7, 11) is 0. The van der Waals surface area contributed by atoms with Gasteiger partial charge in [-0.1, -0.05) is 54.1 Å². The molecule has 3 nitrogen and oxygen atoms in total. The van der Waals surface area contributed by atoms with Crippen LogP contribution in [0.15, 0.2) is 67.3 Å². The molecule has 0 aliphatic carbocycles. The Morgan fingerprint density at radius 2 is 1.87 bits per heavy atom. The van der Waals surface area contributed by atoms with E-state index in [0.717, 1.165) is 13.1 Å². The molecule has 0 aliphatic heterocycles. The summed E-state index contributed by atoms with van der Waals surface area (Å²) >= 11 is 0. The van der Waals surface area contributed by atoms with E-state index in [-0.39, 0.29) is 0 Å². The van der Waals surface area contributed by atoms with E-state index in [1.54, 1.807) is 0 Å². The van der Waals surface area contributed by atoms with Gasteiger partial charge in [0.15, 0.2) is 0 Å². The number of hydrogen-bond donors (Lipinski definition) is 1. The van der Waals surface area contributed by atoms with E-state index >= 15 is 0 Å². The maximum atomic E-state index is 4.07. The Morgan fingerprint density at radius 3 is 2.57 bits per heavy atom. The third-order valence-electron chi connectivity index (χ3n) is 4.10. The quantitative estimate of drug-likeness (QED) is 0.743. The molecule has 3 heteroatoms. The summed E-state index contributed by atoms with van der Waals surface area (Å²) in [5.74, 6) is 0. The van der Waals surface area contributed by atoms with Gasteiger partial charge >= 0.3 is 0 Å². The lowest BCUT2D eigenvalue weighted by atomic mass is 10.1. The first-order valence-electron chi connectivity index (χ1n) is 8.04. The van der Waals surface area contributed by atoms with Gasteiger partial charge in [0.1, 0.15) is 0 Å². The normalized spacial score (nSPS) is 12.3. The summed E-state index contributed by atoms with van der Waals surface area (Å²) in [4.78, 5) is 4.07. The number of aromatic nitrogens is 2. The molecule has 3 aromatic rings. The first-order valence-corrected chi connectivity index (χ1v) is 8.04. The zero-order valence-corrected chi connectivity index (χ0v) is 13.7. The number of aryl methyl sites for hydroxylation is 1. The highest BCUT2D eigenvalue weighted by atomic mass is 15.0. The monoisotopic (exact) mass is 305 g/mol. The van der Waals surface area contributed by atoms with E-state index < -0.39 is 0 Å². The standard InChI is InChI=1S/C20H23N3/c1-16-4-3-5-20(12-16)17(2)22-13-18-6-8-19(9-7-18)14-23-11-10-21-15-23/h3-12,15,17,22H,13-14H2,1-2H3/t17-/m1/s1. The van der Waals surface area contributed by atoms with Crippen molar-refractivity contribution >= 4 is 0 Å². The first kappa shape index (κ1) is 15.5. The fourth-order valence-corrected chi connectivity index (χ4v) is 2.68. The molecule has 0 saturated heterocycles. The second-order valence-electron chi connectivity index (χ2n) is 6.07. The van der Waals surface area contributed by atoms with Gasteiger partial charge in [0.05, 0.1) is 6.33 Å². The van der Waals surface area contributed by atoms with Crippen LogP contribution in [0.25, 0.3) is 0 Å². The third-order valence-corrected chi connectivity index (χ3v) is 4.10. The lowest BCUT2D eigenvalue weighted by molar-refractivity contribution is 0.574. The molecule has 3 rings (SSSR count). The average molecular weight is 305 g/mol. The fourth-order valence-electron chi connectivity index (χ4n) is 2.68. The van der Waals surface area contributed by atoms with E-state index in [0.29, 0.717) is 6.04 Å². The molecule has 0 radical (unpaired) electrons. The van der Waals surface area contributed by atoms with Crippen molar-refractivity contribution in [3.8, 4) is 0 Å². The molecule has 1 atom stereocenters. The van der Waals surface area contributed by atoms with Crippen LogP contribution in [-0.4, -0.2) is 9.55 Å². The predicted octanol–water partition coefficient (Wildman–Crippen LogP) is 4.09. The van der Waals surface area contributed by atoms with Crippen LogP contribution in [0.5, 0.6) is 0 Å². The van der Waals surface area contributed by atoms with Crippen LogP contribution in [0.1, 0.15) is 35.2 Å². The highest BCUT2D eigenvalue weighted by Crippen LogP contribution is 2.15. The van der Waals surface area contributed by atoms with Crippen molar-refractivity contribution in [3.63, 3.8) is 0 Å². The van der Waals surface area contributed by atoms with Crippen molar-refractivity contribution in [2.45, 2.75) is 33.0 Å². The molecule has 23 heavy (non-hydrogen) atoms. The summed E-state index contributed by atoms with van der Waals surface area (Å²) in [5, 5.41) is 3.59. The summed E-state index contributed by atoms with van der Waals surface area (Å²) in [6.45, 7) is 6.09. The smallest absolute Gasteiger partial charge is 0.0949 e. The van der Waals surface area contributed by atoms with E-state index in [1.165, 1.54) is 22.3 Å². The molecule has 0 unspecified atom stereocenters. The largest absolute Gasteiger partial charge is 0.333 e. The maximum Gasteiger partial charge on any atom is 0.0949 e. The van der Waals surface area contributed by atoms with Crippen LogP contribution in [0.3, 0.4) is 0 Å². The van der Waals surface area contributed by atoms with Gasteiger partial charge in [0.2, 0.25) is 0 Å². The number of nitrogens with one attached hydrogen (secondary N) is 1. The predicted molar refractivity (Wildman–Crippen MR) is 94.2 cm³/mol. The molecule has 118 valence electrons. The Hall–Kier alpha value is -2.39. The van der Waals surface area contributed by atoms with Gasteiger partial charge in [-0.2, -0.15) is 0 Å².